The summed E-state index contributed by atoms with van der Waals surface area (Å²) in [5, 5.41) is 33.6. The van der Waals surface area contributed by atoms with Crippen LogP contribution in [0, 0.1) is 11.8 Å². The number of nitrogens with zero attached hydrogens (tertiary/aromatic N) is 1. The molecule has 5 nitrogen and oxygen atoms in total. The van der Waals surface area contributed by atoms with E-state index in [4.69, 9.17) is 0 Å². The van der Waals surface area contributed by atoms with E-state index in [-0.39, 0.29) is 17.6 Å². The van der Waals surface area contributed by atoms with Gasteiger partial charge in [0, 0.05) is 29.4 Å². The largest absolute Gasteiger partial charge is 0.411 e. The normalized spacial score (nSPS) is 24.1. The Balaban J connectivity index is 1.76. The van der Waals surface area contributed by atoms with Crippen molar-refractivity contribution in [2.45, 2.75) is 81.8 Å². The third kappa shape index (κ3) is 8.49. The van der Waals surface area contributed by atoms with Crippen LogP contribution in [0.4, 0.5) is 0 Å². The fourth-order valence-corrected chi connectivity index (χ4v) is 5.09. The van der Waals surface area contributed by atoms with Gasteiger partial charge in [-0.1, -0.05) is 42.6 Å². The first-order valence-electron chi connectivity index (χ1n) is 10.8. The Labute approximate surface area is 178 Å². The predicted octanol–water partition coefficient (Wildman–Crippen LogP) is 4.68. The summed E-state index contributed by atoms with van der Waals surface area (Å²) in [5.74, 6) is 0.987. The van der Waals surface area contributed by atoms with E-state index in [1.165, 1.54) is 0 Å². The van der Waals surface area contributed by atoms with Crippen LogP contribution in [0.5, 0.6) is 0 Å². The number of benzene rings is 1. The highest BCUT2D eigenvalue weighted by Gasteiger charge is 2.39. The molecule has 1 aliphatic carbocycles. The first kappa shape index (κ1) is 23.9. The van der Waals surface area contributed by atoms with E-state index in [2.05, 4.69) is 5.16 Å². The smallest absolute Gasteiger partial charge is 0.129 e. The van der Waals surface area contributed by atoms with Crippen LogP contribution < -0.4 is 0 Å². The number of rotatable bonds is 13. The number of thioether (sulfide) groups is 1. The number of hydrogen-bond acceptors (Lipinski definition) is 6. The van der Waals surface area contributed by atoms with E-state index < -0.39 is 12.2 Å². The molecule has 1 aliphatic rings. The van der Waals surface area contributed by atoms with Crippen LogP contribution in [0.1, 0.15) is 64.7 Å². The van der Waals surface area contributed by atoms with Crippen LogP contribution in [0.3, 0.4) is 0 Å². The topological polar surface area (TPSA) is 90.1 Å². The van der Waals surface area contributed by atoms with Gasteiger partial charge in [0.1, 0.15) is 5.78 Å². The van der Waals surface area contributed by atoms with Crippen LogP contribution in [0.15, 0.2) is 40.4 Å². The maximum absolute atomic E-state index is 11.0. The lowest BCUT2D eigenvalue weighted by molar-refractivity contribution is -0.117. The molecule has 0 heterocycles. The van der Waals surface area contributed by atoms with Crippen LogP contribution in [0.2, 0.25) is 0 Å². The Morgan fingerprint density at radius 1 is 1.17 bits per heavy atom. The SMILES string of the molecule is CC(=O)CCCCCCC1C(O)C/C(=N/O)C1CCC(O)CSc1ccccc1. The van der Waals surface area contributed by atoms with E-state index in [0.29, 0.717) is 30.7 Å². The third-order valence-electron chi connectivity index (χ3n) is 5.80. The van der Waals surface area contributed by atoms with Crippen molar-refractivity contribution in [1.82, 2.24) is 0 Å². The fraction of sp³-hybridized carbons (Fsp3) is 0.652. The summed E-state index contributed by atoms with van der Waals surface area (Å²) >= 11 is 1.64. The summed E-state index contributed by atoms with van der Waals surface area (Å²) in [6.07, 6.45) is 6.42. The molecule has 1 fully saturated rings. The second kappa shape index (κ2) is 13.0. The number of Topliss-reactive ketones (excluding diaryl/α,β-unsaturated/α-hetero) is 1. The molecule has 0 saturated heterocycles. The Morgan fingerprint density at radius 3 is 2.59 bits per heavy atom. The van der Waals surface area contributed by atoms with Crippen LogP contribution >= 0.6 is 11.8 Å². The van der Waals surface area contributed by atoms with E-state index in [9.17, 15) is 20.2 Å². The molecular weight excluding hydrogens is 386 g/mol. The quantitative estimate of drug-likeness (QED) is 0.186. The van der Waals surface area contributed by atoms with Gasteiger partial charge in [-0.05, 0) is 50.7 Å². The number of ketones is 1. The fourth-order valence-electron chi connectivity index (χ4n) is 4.19. The van der Waals surface area contributed by atoms with Gasteiger partial charge in [-0.25, -0.2) is 0 Å². The van der Waals surface area contributed by atoms with E-state index in [0.717, 1.165) is 43.4 Å². The molecule has 0 spiro atoms. The molecule has 0 bridgehead atoms. The van der Waals surface area contributed by atoms with Crippen LogP contribution in [-0.4, -0.2) is 44.9 Å². The highest BCUT2D eigenvalue weighted by atomic mass is 32.2. The molecule has 1 aromatic carbocycles. The molecule has 0 aromatic heterocycles. The zero-order chi connectivity index (χ0) is 21.1. The standard InChI is InChI=1S/C23H35NO4S/c1-17(25)9-5-2-3-8-12-21-20(22(24-28)15-23(21)27)14-13-18(26)16-29-19-10-6-4-7-11-19/h4,6-7,10-11,18,20-21,23,26-28H,2-3,5,8-9,12-16H2,1H3/b24-22-. The van der Waals surface area contributed by atoms with Crippen molar-refractivity contribution in [3.8, 4) is 0 Å². The lowest BCUT2D eigenvalue weighted by Gasteiger charge is -2.23. The Hall–Kier alpha value is -1.37. The van der Waals surface area contributed by atoms with Gasteiger partial charge in [0.05, 0.1) is 17.9 Å². The van der Waals surface area contributed by atoms with Crippen molar-refractivity contribution in [3.63, 3.8) is 0 Å². The van der Waals surface area contributed by atoms with Gasteiger partial charge in [-0.2, -0.15) is 0 Å². The average Bonchev–Trinajstić information content (AvgIpc) is 3.02. The summed E-state index contributed by atoms with van der Waals surface area (Å²) in [6, 6.07) is 10.0. The lowest BCUT2D eigenvalue weighted by Crippen LogP contribution is -2.23. The monoisotopic (exact) mass is 421 g/mol. The number of carbonyl (C=O) groups excluding carboxylic acids is 1. The molecule has 1 aromatic rings. The molecule has 4 unspecified atom stereocenters. The number of hydrogen-bond donors (Lipinski definition) is 3. The molecule has 4 atom stereocenters. The van der Waals surface area contributed by atoms with Gasteiger partial charge >= 0.3 is 0 Å². The van der Waals surface area contributed by atoms with Crippen molar-refractivity contribution in [1.29, 1.82) is 0 Å². The van der Waals surface area contributed by atoms with Gasteiger partial charge in [-0.3, -0.25) is 0 Å². The van der Waals surface area contributed by atoms with Gasteiger partial charge in [0.15, 0.2) is 0 Å². The summed E-state index contributed by atoms with van der Waals surface area (Å²) in [7, 11) is 0. The third-order valence-corrected chi connectivity index (χ3v) is 6.96. The molecular formula is C23H35NO4S. The summed E-state index contributed by atoms with van der Waals surface area (Å²) in [4.78, 5) is 12.1. The molecule has 3 N–H and O–H groups in total. The number of aliphatic hydroxyl groups excluding tert-OH is 2. The van der Waals surface area contributed by atoms with Crippen molar-refractivity contribution >= 4 is 23.3 Å². The van der Waals surface area contributed by atoms with Gasteiger partial charge in [0.2, 0.25) is 0 Å². The molecule has 2 rings (SSSR count). The lowest BCUT2D eigenvalue weighted by atomic mass is 9.85. The minimum Gasteiger partial charge on any atom is -0.411 e. The molecule has 1 saturated carbocycles. The van der Waals surface area contributed by atoms with Gasteiger partial charge in [-0.15, -0.1) is 11.8 Å². The molecule has 162 valence electrons. The average molecular weight is 422 g/mol. The maximum atomic E-state index is 11.0. The number of aliphatic hydroxyl groups is 2. The zero-order valence-corrected chi connectivity index (χ0v) is 18.2. The van der Waals surface area contributed by atoms with Crippen molar-refractivity contribution in [3.05, 3.63) is 30.3 Å². The Bertz CT molecular complexity index is 637. The first-order valence-corrected chi connectivity index (χ1v) is 11.7. The maximum Gasteiger partial charge on any atom is 0.129 e. The van der Waals surface area contributed by atoms with Crippen LogP contribution in [-0.2, 0) is 4.79 Å². The summed E-state index contributed by atoms with van der Waals surface area (Å²) in [5.41, 5.74) is 0.669. The van der Waals surface area contributed by atoms with E-state index in [1.807, 2.05) is 30.3 Å². The van der Waals surface area contributed by atoms with Crippen molar-refractivity contribution in [2.24, 2.45) is 17.0 Å². The van der Waals surface area contributed by atoms with E-state index >= 15 is 0 Å². The highest BCUT2D eigenvalue weighted by molar-refractivity contribution is 7.99. The zero-order valence-electron chi connectivity index (χ0n) is 17.4. The van der Waals surface area contributed by atoms with Crippen LogP contribution in [0.25, 0.3) is 0 Å². The second-order valence-electron chi connectivity index (χ2n) is 8.14. The van der Waals surface area contributed by atoms with Crippen molar-refractivity contribution < 1.29 is 20.2 Å². The minimum atomic E-state index is -0.473. The first-order chi connectivity index (χ1) is 14.0. The predicted molar refractivity (Wildman–Crippen MR) is 118 cm³/mol. The second-order valence-corrected chi connectivity index (χ2v) is 9.24. The minimum absolute atomic E-state index is 0.0311. The summed E-state index contributed by atoms with van der Waals surface area (Å²) in [6.45, 7) is 1.63. The molecule has 0 aliphatic heterocycles. The van der Waals surface area contributed by atoms with Gasteiger partial charge < -0.3 is 20.2 Å². The van der Waals surface area contributed by atoms with E-state index in [1.54, 1.807) is 18.7 Å². The molecule has 6 heteroatoms. The molecule has 29 heavy (non-hydrogen) atoms. The number of oxime groups is 1. The highest BCUT2D eigenvalue weighted by Crippen LogP contribution is 2.37. The van der Waals surface area contributed by atoms with Crippen molar-refractivity contribution in [2.75, 3.05) is 5.75 Å². The summed E-state index contributed by atoms with van der Waals surface area (Å²) < 4.78 is 0. The number of carbonyl (C=O) groups is 1. The Kier molecular flexibility index (Phi) is 10.7. The molecule has 0 amide bonds. The number of unbranched alkanes of at least 4 members (excludes halogenated alkanes) is 3. The van der Waals surface area contributed by atoms with Gasteiger partial charge in [0.25, 0.3) is 0 Å². The Morgan fingerprint density at radius 2 is 1.90 bits per heavy atom. The molecule has 0 radical (unpaired) electrons.